The molecule has 1 aliphatic carbocycles. The fourth-order valence-electron chi connectivity index (χ4n) is 1.18. The number of hydrogen-bond donors (Lipinski definition) is 1. The molecule has 0 aliphatic heterocycles. The summed E-state index contributed by atoms with van der Waals surface area (Å²) in [7, 11) is 0. The van der Waals surface area contributed by atoms with Gasteiger partial charge in [-0.3, -0.25) is 9.59 Å². The van der Waals surface area contributed by atoms with Crippen LogP contribution in [0, 0.1) is 5.92 Å². The second kappa shape index (κ2) is 3.45. The van der Waals surface area contributed by atoms with E-state index in [1.54, 1.807) is 0 Å². The Bertz CT molecular complexity index is 303. The Morgan fingerprint density at radius 1 is 1.38 bits per heavy atom. The highest BCUT2D eigenvalue weighted by Gasteiger charge is 2.40. The summed E-state index contributed by atoms with van der Waals surface area (Å²) in [6.45, 7) is 0. The van der Waals surface area contributed by atoms with Crippen LogP contribution in [0.5, 0.6) is 0 Å². The predicted molar refractivity (Wildman–Crippen MR) is 43.9 cm³/mol. The number of hydrogen-bond acceptors (Lipinski definition) is 4. The van der Waals surface area contributed by atoms with Crippen molar-refractivity contribution in [3.63, 3.8) is 0 Å². The molecule has 0 aromatic rings. The topological polar surface area (TPSA) is 71.4 Å². The predicted octanol–water partition coefficient (Wildman–Crippen LogP) is -0.573. The van der Waals surface area contributed by atoms with Crippen molar-refractivity contribution < 1.29 is 19.5 Å². The third-order valence-corrected chi connectivity index (χ3v) is 2.02. The molecule has 4 heteroatoms. The van der Waals surface area contributed by atoms with Crippen molar-refractivity contribution in [3.8, 4) is 0 Å². The largest absolute Gasteiger partial charge is 0.376 e. The molecule has 0 fully saturated rings. The third kappa shape index (κ3) is 1.36. The molecule has 2 atom stereocenters. The SMILES string of the molecule is O=CC1=CC=CC(C=O)C1(O)C=O. The lowest BCUT2D eigenvalue weighted by Gasteiger charge is -2.27. The van der Waals surface area contributed by atoms with E-state index in [-0.39, 0.29) is 11.9 Å². The standard InChI is InChI=1S/C9H8O4/c10-4-7-2-1-3-8(5-11)9(7,13)6-12/h1-7,13H. The van der Waals surface area contributed by atoms with Gasteiger partial charge in [0.25, 0.3) is 0 Å². The Morgan fingerprint density at radius 3 is 2.54 bits per heavy atom. The highest BCUT2D eigenvalue weighted by atomic mass is 16.3. The van der Waals surface area contributed by atoms with E-state index >= 15 is 0 Å². The Hall–Kier alpha value is -1.55. The van der Waals surface area contributed by atoms with Crippen LogP contribution in [0.15, 0.2) is 23.8 Å². The number of aldehydes is 3. The summed E-state index contributed by atoms with van der Waals surface area (Å²) >= 11 is 0. The van der Waals surface area contributed by atoms with E-state index in [4.69, 9.17) is 0 Å². The van der Waals surface area contributed by atoms with Crippen molar-refractivity contribution in [2.24, 2.45) is 5.92 Å². The second-order valence-corrected chi connectivity index (χ2v) is 2.73. The number of rotatable bonds is 3. The van der Waals surface area contributed by atoms with Gasteiger partial charge >= 0.3 is 0 Å². The van der Waals surface area contributed by atoms with Crippen molar-refractivity contribution >= 4 is 18.9 Å². The lowest BCUT2D eigenvalue weighted by Crippen LogP contribution is -2.43. The van der Waals surface area contributed by atoms with Crippen molar-refractivity contribution in [1.29, 1.82) is 0 Å². The molecule has 1 rings (SSSR count). The average Bonchev–Trinajstić information content (AvgIpc) is 2.18. The summed E-state index contributed by atoms with van der Waals surface area (Å²) < 4.78 is 0. The molecule has 0 bridgehead atoms. The first kappa shape index (κ1) is 9.54. The Kier molecular flexibility index (Phi) is 2.53. The van der Waals surface area contributed by atoms with Crippen molar-refractivity contribution in [1.82, 2.24) is 0 Å². The second-order valence-electron chi connectivity index (χ2n) is 2.73. The van der Waals surface area contributed by atoms with Gasteiger partial charge < -0.3 is 9.90 Å². The minimum absolute atomic E-state index is 0.0953. The van der Waals surface area contributed by atoms with E-state index in [1.165, 1.54) is 18.2 Å². The van der Waals surface area contributed by atoms with Crippen LogP contribution in [0.3, 0.4) is 0 Å². The van der Waals surface area contributed by atoms with Gasteiger partial charge in [-0.25, -0.2) is 0 Å². The molecule has 1 N–H and O–H groups in total. The van der Waals surface area contributed by atoms with Gasteiger partial charge in [-0.05, 0) is 0 Å². The number of carbonyl (C=O) groups excluding carboxylic acids is 3. The molecule has 0 aromatic carbocycles. The fourth-order valence-corrected chi connectivity index (χ4v) is 1.18. The van der Waals surface area contributed by atoms with Crippen molar-refractivity contribution in [2.45, 2.75) is 5.60 Å². The van der Waals surface area contributed by atoms with Crippen LogP contribution in [0.1, 0.15) is 0 Å². The van der Waals surface area contributed by atoms with Crippen LogP contribution < -0.4 is 0 Å². The Balaban J connectivity index is 3.17. The van der Waals surface area contributed by atoms with E-state index in [9.17, 15) is 19.5 Å². The van der Waals surface area contributed by atoms with Gasteiger partial charge in [-0.2, -0.15) is 0 Å². The number of aliphatic hydroxyl groups is 1. The lowest BCUT2D eigenvalue weighted by atomic mass is 9.80. The first-order chi connectivity index (χ1) is 6.19. The van der Waals surface area contributed by atoms with Gasteiger partial charge in [0.15, 0.2) is 11.9 Å². The van der Waals surface area contributed by atoms with Crippen molar-refractivity contribution in [2.75, 3.05) is 0 Å². The summed E-state index contributed by atoms with van der Waals surface area (Å²) in [5, 5.41) is 9.65. The van der Waals surface area contributed by atoms with Crippen molar-refractivity contribution in [3.05, 3.63) is 23.8 Å². The summed E-state index contributed by atoms with van der Waals surface area (Å²) in [5.74, 6) is -0.977. The van der Waals surface area contributed by atoms with E-state index in [0.717, 1.165) is 0 Å². The zero-order valence-electron chi connectivity index (χ0n) is 6.71. The monoisotopic (exact) mass is 180 g/mol. The molecule has 2 unspecified atom stereocenters. The maximum absolute atomic E-state index is 10.6. The molecule has 0 radical (unpaired) electrons. The fraction of sp³-hybridized carbons (Fsp3) is 0.222. The average molecular weight is 180 g/mol. The molecule has 0 aromatic heterocycles. The van der Waals surface area contributed by atoms with Gasteiger partial charge in [0.2, 0.25) is 0 Å². The summed E-state index contributed by atoms with van der Waals surface area (Å²) in [6.07, 6.45) is 5.14. The van der Waals surface area contributed by atoms with E-state index in [0.29, 0.717) is 12.6 Å². The van der Waals surface area contributed by atoms with E-state index in [1.807, 2.05) is 0 Å². The normalized spacial score (nSPS) is 32.1. The number of carbonyl (C=O) groups is 3. The molecule has 13 heavy (non-hydrogen) atoms. The molecular formula is C9H8O4. The maximum Gasteiger partial charge on any atom is 0.160 e. The molecule has 1 aliphatic rings. The van der Waals surface area contributed by atoms with Crippen LogP contribution >= 0.6 is 0 Å². The molecular weight excluding hydrogens is 172 g/mol. The highest BCUT2D eigenvalue weighted by Crippen LogP contribution is 2.26. The van der Waals surface area contributed by atoms with E-state index in [2.05, 4.69) is 0 Å². The molecule has 0 spiro atoms. The Labute approximate surface area is 74.6 Å². The molecule has 68 valence electrons. The lowest BCUT2D eigenvalue weighted by molar-refractivity contribution is -0.130. The van der Waals surface area contributed by atoms with Gasteiger partial charge in [-0.1, -0.05) is 18.2 Å². The van der Waals surface area contributed by atoms with E-state index < -0.39 is 11.5 Å². The smallest absolute Gasteiger partial charge is 0.160 e. The van der Waals surface area contributed by atoms with Gasteiger partial charge in [0.1, 0.15) is 12.6 Å². The third-order valence-electron chi connectivity index (χ3n) is 2.02. The quantitative estimate of drug-likeness (QED) is 0.590. The first-order valence-corrected chi connectivity index (χ1v) is 3.67. The minimum atomic E-state index is -1.99. The van der Waals surface area contributed by atoms with Crippen LogP contribution in [-0.2, 0) is 14.4 Å². The summed E-state index contributed by atoms with van der Waals surface area (Å²) in [5.41, 5.74) is -2.08. The molecule has 0 saturated heterocycles. The highest BCUT2D eigenvalue weighted by molar-refractivity contribution is 5.91. The maximum atomic E-state index is 10.6. The number of allylic oxidation sites excluding steroid dienone is 2. The van der Waals surface area contributed by atoms with Gasteiger partial charge in [0.05, 0.1) is 5.92 Å². The summed E-state index contributed by atoms with van der Waals surface area (Å²) in [6, 6.07) is 0. The van der Waals surface area contributed by atoms with Crippen LogP contribution in [-0.4, -0.2) is 29.6 Å². The van der Waals surface area contributed by atoms with Crippen LogP contribution in [0.25, 0.3) is 0 Å². The minimum Gasteiger partial charge on any atom is -0.376 e. The molecule has 0 heterocycles. The van der Waals surface area contributed by atoms with Gasteiger partial charge in [-0.15, -0.1) is 0 Å². The molecule has 4 nitrogen and oxygen atoms in total. The zero-order chi connectivity index (χ0) is 9.90. The van der Waals surface area contributed by atoms with Gasteiger partial charge in [0, 0.05) is 5.57 Å². The Morgan fingerprint density at radius 2 is 2.08 bits per heavy atom. The molecule has 0 saturated carbocycles. The van der Waals surface area contributed by atoms with Crippen LogP contribution in [0.4, 0.5) is 0 Å². The zero-order valence-corrected chi connectivity index (χ0v) is 6.71. The molecule has 0 amide bonds. The van der Waals surface area contributed by atoms with Crippen LogP contribution in [0.2, 0.25) is 0 Å². The summed E-state index contributed by atoms with van der Waals surface area (Å²) in [4.78, 5) is 31.5. The first-order valence-electron chi connectivity index (χ1n) is 3.67.